The van der Waals surface area contributed by atoms with E-state index >= 15 is 0 Å². The molecule has 0 bridgehead atoms. The second-order valence-corrected chi connectivity index (χ2v) is 6.01. The standard InChI is InChI=1S/C20H23NO4/c1-13(2)17-10-5-6-11-18(17)25-14(3)19(22)21-16-9-7-8-15(12-16)20(23)24-4/h5-14H,1-4H3,(H,21,22)/t14-/m1/s1. The highest BCUT2D eigenvalue weighted by Crippen LogP contribution is 2.26. The van der Waals surface area contributed by atoms with Crippen molar-refractivity contribution in [2.45, 2.75) is 32.8 Å². The van der Waals surface area contributed by atoms with Crippen LogP contribution in [0.4, 0.5) is 5.69 Å². The normalized spacial score (nSPS) is 11.7. The van der Waals surface area contributed by atoms with Crippen LogP contribution in [-0.2, 0) is 9.53 Å². The number of hydrogen-bond acceptors (Lipinski definition) is 4. The molecule has 0 fully saturated rings. The summed E-state index contributed by atoms with van der Waals surface area (Å²) in [7, 11) is 1.32. The highest BCUT2D eigenvalue weighted by molar-refractivity contribution is 5.96. The third-order valence-electron chi connectivity index (χ3n) is 3.77. The van der Waals surface area contributed by atoms with Crippen LogP contribution in [0.2, 0.25) is 0 Å². The summed E-state index contributed by atoms with van der Waals surface area (Å²) in [6, 6.07) is 14.3. The molecule has 0 radical (unpaired) electrons. The number of nitrogens with one attached hydrogen (secondary N) is 1. The van der Waals surface area contributed by atoms with Crippen molar-refractivity contribution in [1.82, 2.24) is 0 Å². The molecule has 0 aliphatic carbocycles. The lowest BCUT2D eigenvalue weighted by Crippen LogP contribution is -2.30. The largest absolute Gasteiger partial charge is 0.481 e. The van der Waals surface area contributed by atoms with Gasteiger partial charge >= 0.3 is 5.97 Å². The van der Waals surface area contributed by atoms with E-state index in [4.69, 9.17) is 4.74 Å². The van der Waals surface area contributed by atoms with Gasteiger partial charge in [0.1, 0.15) is 5.75 Å². The lowest BCUT2D eigenvalue weighted by Gasteiger charge is -2.18. The van der Waals surface area contributed by atoms with Crippen LogP contribution < -0.4 is 10.1 Å². The zero-order valence-corrected chi connectivity index (χ0v) is 14.9. The maximum atomic E-state index is 12.4. The van der Waals surface area contributed by atoms with Crippen LogP contribution in [0.25, 0.3) is 0 Å². The summed E-state index contributed by atoms with van der Waals surface area (Å²) in [4.78, 5) is 24.0. The van der Waals surface area contributed by atoms with E-state index in [1.54, 1.807) is 31.2 Å². The number of ether oxygens (including phenoxy) is 2. The lowest BCUT2D eigenvalue weighted by molar-refractivity contribution is -0.122. The van der Waals surface area contributed by atoms with Gasteiger partial charge in [0.2, 0.25) is 0 Å². The molecule has 1 atom stereocenters. The van der Waals surface area contributed by atoms with Crippen molar-refractivity contribution >= 4 is 17.6 Å². The maximum Gasteiger partial charge on any atom is 0.337 e. The number of anilines is 1. The van der Waals surface area contributed by atoms with Gasteiger partial charge in [-0.25, -0.2) is 4.79 Å². The molecule has 0 saturated heterocycles. The fourth-order valence-electron chi connectivity index (χ4n) is 2.39. The summed E-state index contributed by atoms with van der Waals surface area (Å²) in [5, 5.41) is 2.76. The Hall–Kier alpha value is -2.82. The zero-order valence-electron chi connectivity index (χ0n) is 14.9. The Bertz CT molecular complexity index is 755. The second kappa shape index (κ2) is 8.33. The lowest BCUT2D eigenvalue weighted by atomic mass is 10.0. The molecule has 0 unspecified atom stereocenters. The van der Waals surface area contributed by atoms with Crippen LogP contribution in [0.3, 0.4) is 0 Å². The van der Waals surface area contributed by atoms with Crippen LogP contribution in [0.1, 0.15) is 42.6 Å². The van der Waals surface area contributed by atoms with Gasteiger partial charge in [-0.2, -0.15) is 0 Å². The molecule has 0 aromatic heterocycles. The van der Waals surface area contributed by atoms with E-state index in [1.165, 1.54) is 7.11 Å². The molecule has 2 aromatic rings. The fourth-order valence-corrected chi connectivity index (χ4v) is 2.39. The van der Waals surface area contributed by atoms with Crippen molar-refractivity contribution in [3.63, 3.8) is 0 Å². The third-order valence-corrected chi connectivity index (χ3v) is 3.77. The van der Waals surface area contributed by atoms with Gasteiger partial charge in [-0.3, -0.25) is 4.79 Å². The van der Waals surface area contributed by atoms with Gasteiger partial charge in [-0.15, -0.1) is 0 Å². The predicted molar refractivity (Wildman–Crippen MR) is 97.0 cm³/mol. The van der Waals surface area contributed by atoms with Crippen molar-refractivity contribution in [1.29, 1.82) is 0 Å². The Morgan fingerprint density at radius 1 is 1.00 bits per heavy atom. The minimum absolute atomic E-state index is 0.291. The number of amides is 1. The summed E-state index contributed by atoms with van der Waals surface area (Å²) in [5.74, 6) is 0.249. The molecule has 25 heavy (non-hydrogen) atoms. The fraction of sp³-hybridized carbons (Fsp3) is 0.300. The van der Waals surface area contributed by atoms with Gasteiger partial charge in [0, 0.05) is 5.69 Å². The first-order valence-corrected chi connectivity index (χ1v) is 8.17. The molecule has 2 rings (SSSR count). The number of carbonyl (C=O) groups excluding carboxylic acids is 2. The topological polar surface area (TPSA) is 64.6 Å². The van der Waals surface area contributed by atoms with Crippen molar-refractivity contribution in [2.24, 2.45) is 0 Å². The van der Waals surface area contributed by atoms with Gasteiger partial charge in [-0.05, 0) is 42.7 Å². The molecule has 0 saturated carbocycles. The van der Waals surface area contributed by atoms with Crippen LogP contribution in [0.15, 0.2) is 48.5 Å². The summed E-state index contributed by atoms with van der Waals surface area (Å²) in [5.41, 5.74) is 1.94. The molecule has 5 nitrogen and oxygen atoms in total. The number of carbonyl (C=O) groups is 2. The molecule has 0 heterocycles. The molecular formula is C20H23NO4. The highest BCUT2D eigenvalue weighted by atomic mass is 16.5. The van der Waals surface area contributed by atoms with Gasteiger partial charge in [0.15, 0.2) is 6.10 Å². The van der Waals surface area contributed by atoms with Crippen LogP contribution in [-0.4, -0.2) is 25.1 Å². The second-order valence-electron chi connectivity index (χ2n) is 6.01. The van der Waals surface area contributed by atoms with Gasteiger partial charge in [0.05, 0.1) is 12.7 Å². The van der Waals surface area contributed by atoms with E-state index < -0.39 is 12.1 Å². The van der Waals surface area contributed by atoms with E-state index in [2.05, 4.69) is 23.9 Å². The summed E-state index contributed by atoms with van der Waals surface area (Å²) in [6.07, 6.45) is -0.679. The van der Waals surface area contributed by atoms with Gasteiger partial charge in [0.25, 0.3) is 5.91 Å². The Morgan fingerprint density at radius 3 is 2.40 bits per heavy atom. The number of hydrogen-bond donors (Lipinski definition) is 1. The maximum absolute atomic E-state index is 12.4. The average molecular weight is 341 g/mol. The molecule has 0 aliphatic rings. The van der Waals surface area contributed by atoms with Gasteiger partial charge in [-0.1, -0.05) is 38.1 Å². The number of methoxy groups -OCH3 is 1. The molecule has 2 aromatic carbocycles. The van der Waals surface area contributed by atoms with Gasteiger partial charge < -0.3 is 14.8 Å². The third kappa shape index (κ3) is 4.83. The monoisotopic (exact) mass is 341 g/mol. The molecule has 0 aliphatic heterocycles. The van der Waals surface area contributed by atoms with E-state index in [-0.39, 0.29) is 5.91 Å². The van der Waals surface area contributed by atoms with Crippen LogP contribution in [0, 0.1) is 0 Å². The Morgan fingerprint density at radius 2 is 1.72 bits per heavy atom. The smallest absolute Gasteiger partial charge is 0.337 e. The van der Waals surface area contributed by atoms with E-state index in [9.17, 15) is 9.59 Å². The Balaban J connectivity index is 2.07. The first kappa shape index (κ1) is 18.5. The van der Waals surface area contributed by atoms with E-state index in [0.717, 1.165) is 5.56 Å². The first-order chi connectivity index (χ1) is 11.9. The zero-order chi connectivity index (χ0) is 18.4. The summed E-state index contributed by atoms with van der Waals surface area (Å²) in [6.45, 7) is 5.84. The summed E-state index contributed by atoms with van der Waals surface area (Å²) >= 11 is 0. The van der Waals surface area contributed by atoms with Crippen molar-refractivity contribution in [3.05, 3.63) is 59.7 Å². The Labute approximate surface area is 148 Å². The molecule has 5 heteroatoms. The number of para-hydroxylation sites is 1. The Kier molecular flexibility index (Phi) is 6.17. The average Bonchev–Trinajstić information content (AvgIpc) is 2.61. The number of esters is 1. The highest BCUT2D eigenvalue weighted by Gasteiger charge is 2.18. The first-order valence-electron chi connectivity index (χ1n) is 8.17. The molecule has 1 amide bonds. The SMILES string of the molecule is COC(=O)c1cccc(NC(=O)[C@@H](C)Oc2ccccc2C(C)C)c1. The van der Waals surface area contributed by atoms with Crippen molar-refractivity contribution < 1.29 is 19.1 Å². The number of rotatable bonds is 6. The minimum Gasteiger partial charge on any atom is -0.481 e. The van der Waals surface area contributed by atoms with Crippen LogP contribution in [0.5, 0.6) is 5.75 Å². The summed E-state index contributed by atoms with van der Waals surface area (Å²) < 4.78 is 10.5. The van der Waals surface area contributed by atoms with Crippen molar-refractivity contribution in [3.8, 4) is 5.75 Å². The van der Waals surface area contributed by atoms with Crippen molar-refractivity contribution in [2.75, 3.05) is 12.4 Å². The molecule has 0 spiro atoms. The molecule has 132 valence electrons. The predicted octanol–water partition coefficient (Wildman–Crippen LogP) is 4.00. The van der Waals surface area contributed by atoms with E-state index in [0.29, 0.717) is 22.9 Å². The van der Waals surface area contributed by atoms with Crippen LogP contribution >= 0.6 is 0 Å². The minimum atomic E-state index is -0.679. The molecule has 1 N–H and O–H groups in total. The number of benzene rings is 2. The van der Waals surface area contributed by atoms with E-state index in [1.807, 2.05) is 24.3 Å². The quantitative estimate of drug-likeness (QED) is 0.807. The molecular weight excluding hydrogens is 318 g/mol.